The Morgan fingerprint density at radius 2 is 2.21 bits per heavy atom. The fourth-order valence-electron chi connectivity index (χ4n) is 1.28. The molecule has 0 aliphatic heterocycles. The molecule has 2 N–H and O–H groups in total. The molecule has 0 heterocycles. The Balaban J connectivity index is 3.10. The van der Waals surface area contributed by atoms with E-state index in [1.807, 2.05) is 25.1 Å². The van der Waals surface area contributed by atoms with Gasteiger partial charge in [0.15, 0.2) is 0 Å². The summed E-state index contributed by atoms with van der Waals surface area (Å²) in [7, 11) is 1.63. The lowest BCUT2D eigenvalue weighted by Gasteiger charge is -2.13. The number of likely N-dealkylation sites (N-methyl/N-ethyl adjacent to an activating group) is 1. The van der Waals surface area contributed by atoms with Gasteiger partial charge in [-0.3, -0.25) is 4.79 Å². The molecule has 3 nitrogen and oxygen atoms in total. The number of halogens is 1. The lowest BCUT2D eigenvalue weighted by molar-refractivity contribution is -0.139. The summed E-state index contributed by atoms with van der Waals surface area (Å²) in [5, 5.41) is 11.7. The van der Waals surface area contributed by atoms with E-state index in [4.69, 9.17) is 5.11 Å². The minimum atomic E-state index is -0.878. The Hall–Kier alpha value is -0.870. The molecule has 0 fully saturated rings. The lowest BCUT2D eigenvalue weighted by atomic mass is 10.1. The van der Waals surface area contributed by atoms with Gasteiger partial charge < -0.3 is 10.4 Å². The number of benzene rings is 1. The van der Waals surface area contributed by atoms with Gasteiger partial charge in [-0.25, -0.2) is 0 Å². The van der Waals surface area contributed by atoms with Crippen molar-refractivity contribution in [2.45, 2.75) is 13.0 Å². The summed E-state index contributed by atoms with van der Waals surface area (Å²) in [6.45, 7) is 1.96. The molecule has 0 saturated carbocycles. The average Bonchev–Trinajstić information content (AvgIpc) is 2.09. The van der Waals surface area contributed by atoms with Gasteiger partial charge >= 0.3 is 5.97 Å². The maximum Gasteiger partial charge on any atom is 0.325 e. The normalized spacial score (nSPS) is 12.5. The fourth-order valence-corrected chi connectivity index (χ4v) is 2.00. The monoisotopic (exact) mass is 257 g/mol. The maximum absolute atomic E-state index is 10.9. The Morgan fingerprint density at radius 3 is 2.64 bits per heavy atom. The van der Waals surface area contributed by atoms with Crippen LogP contribution < -0.4 is 5.32 Å². The zero-order valence-electron chi connectivity index (χ0n) is 8.04. The van der Waals surface area contributed by atoms with Crippen molar-refractivity contribution in [1.82, 2.24) is 5.32 Å². The SMILES string of the molecule is CNC(C(=O)O)c1ccc(C)cc1Br. The number of nitrogens with one attached hydrogen (secondary N) is 1. The average molecular weight is 258 g/mol. The molecule has 76 valence electrons. The van der Waals surface area contributed by atoms with Gasteiger partial charge in [-0.2, -0.15) is 0 Å². The van der Waals surface area contributed by atoms with Crippen LogP contribution in [0.15, 0.2) is 22.7 Å². The highest BCUT2D eigenvalue weighted by molar-refractivity contribution is 9.10. The van der Waals surface area contributed by atoms with Crippen molar-refractivity contribution in [2.75, 3.05) is 7.05 Å². The van der Waals surface area contributed by atoms with Gasteiger partial charge in [-0.15, -0.1) is 0 Å². The standard InChI is InChI=1S/C10H12BrNO2/c1-6-3-4-7(8(11)5-6)9(12-2)10(13)14/h3-5,9,12H,1-2H3,(H,13,14). The van der Waals surface area contributed by atoms with Crippen LogP contribution in [0.2, 0.25) is 0 Å². The van der Waals surface area contributed by atoms with E-state index >= 15 is 0 Å². The van der Waals surface area contributed by atoms with Crippen molar-refractivity contribution in [3.05, 3.63) is 33.8 Å². The van der Waals surface area contributed by atoms with Crippen molar-refractivity contribution < 1.29 is 9.90 Å². The van der Waals surface area contributed by atoms with E-state index in [9.17, 15) is 4.79 Å². The third kappa shape index (κ3) is 2.33. The van der Waals surface area contributed by atoms with E-state index < -0.39 is 12.0 Å². The number of rotatable bonds is 3. The van der Waals surface area contributed by atoms with Crippen LogP contribution in [0.4, 0.5) is 0 Å². The molecule has 1 atom stereocenters. The van der Waals surface area contributed by atoms with Crippen LogP contribution in [0, 0.1) is 6.92 Å². The van der Waals surface area contributed by atoms with Crippen LogP contribution >= 0.6 is 15.9 Å². The van der Waals surface area contributed by atoms with Crippen molar-refractivity contribution in [3.8, 4) is 0 Å². The van der Waals surface area contributed by atoms with E-state index in [-0.39, 0.29) is 0 Å². The largest absolute Gasteiger partial charge is 0.480 e. The third-order valence-electron chi connectivity index (χ3n) is 2.00. The Labute approximate surface area is 91.3 Å². The third-order valence-corrected chi connectivity index (χ3v) is 2.69. The van der Waals surface area contributed by atoms with Gasteiger partial charge in [0.1, 0.15) is 6.04 Å². The molecule has 0 aliphatic rings. The maximum atomic E-state index is 10.9. The molecule has 0 spiro atoms. The molecular formula is C10H12BrNO2. The Kier molecular flexibility index (Phi) is 3.66. The summed E-state index contributed by atoms with van der Waals surface area (Å²) in [4.78, 5) is 10.9. The topological polar surface area (TPSA) is 49.3 Å². The van der Waals surface area contributed by atoms with Crippen molar-refractivity contribution in [2.24, 2.45) is 0 Å². The van der Waals surface area contributed by atoms with Crippen LogP contribution in [0.5, 0.6) is 0 Å². The number of carboxylic acids is 1. The lowest BCUT2D eigenvalue weighted by Crippen LogP contribution is -2.25. The first-order chi connectivity index (χ1) is 6.56. The Bertz CT molecular complexity index is 352. The highest BCUT2D eigenvalue weighted by atomic mass is 79.9. The molecule has 1 rings (SSSR count). The molecule has 0 saturated heterocycles. The molecule has 0 radical (unpaired) electrons. The number of aliphatic carboxylic acids is 1. The predicted molar refractivity (Wildman–Crippen MR) is 58.3 cm³/mol. The zero-order chi connectivity index (χ0) is 10.7. The quantitative estimate of drug-likeness (QED) is 0.872. The van der Waals surface area contributed by atoms with E-state index in [1.54, 1.807) is 7.05 Å². The number of hydrogen-bond acceptors (Lipinski definition) is 2. The minimum absolute atomic E-state index is 0.662. The zero-order valence-corrected chi connectivity index (χ0v) is 9.63. The molecule has 14 heavy (non-hydrogen) atoms. The van der Waals surface area contributed by atoms with Gasteiger partial charge in [0.05, 0.1) is 0 Å². The molecule has 0 bridgehead atoms. The van der Waals surface area contributed by atoms with Crippen molar-refractivity contribution in [3.63, 3.8) is 0 Å². The number of hydrogen-bond donors (Lipinski definition) is 2. The molecule has 1 aromatic carbocycles. The van der Waals surface area contributed by atoms with Crippen molar-refractivity contribution in [1.29, 1.82) is 0 Å². The first-order valence-electron chi connectivity index (χ1n) is 4.22. The molecule has 1 unspecified atom stereocenters. The second-order valence-electron chi connectivity index (χ2n) is 3.08. The molecule has 0 aromatic heterocycles. The Morgan fingerprint density at radius 1 is 1.57 bits per heavy atom. The van der Waals surface area contributed by atoms with Gasteiger partial charge in [-0.05, 0) is 31.2 Å². The predicted octanol–water partition coefficient (Wildman–Crippen LogP) is 2.10. The number of aryl methyl sites for hydroxylation is 1. The number of carboxylic acid groups (broad SMARTS) is 1. The van der Waals surface area contributed by atoms with Gasteiger partial charge in [0.2, 0.25) is 0 Å². The molecule has 0 amide bonds. The van der Waals surface area contributed by atoms with Crippen LogP contribution in [0.3, 0.4) is 0 Å². The second-order valence-corrected chi connectivity index (χ2v) is 3.94. The molecule has 4 heteroatoms. The van der Waals surface area contributed by atoms with E-state index in [1.165, 1.54) is 0 Å². The fraction of sp³-hybridized carbons (Fsp3) is 0.300. The van der Waals surface area contributed by atoms with E-state index in [0.717, 1.165) is 15.6 Å². The highest BCUT2D eigenvalue weighted by Gasteiger charge is 2.19. The summed E-state index contributed by atoms with van der Waals surface area (Å²) in [6.07, 6.45) is 0. The second kappa shape index (κ2) is 4.57. The summed E-state index contributed by atoms with van der Waals surface area (Å²) in [6, 6.07) is 4.95. The summed E-state index contributed by atoms with van der Waals surface area (Å²) in [5.41, 5.74) is 1.84. The first-order valence-corrected chi connectivity index (χ1v) is 5.01. The first kappa shape index (κ1) is 11.2. The molecule has 0 aliphatic carbocycles. The number of carbonyl (C=O) groups is 1. The smallest absolute Gasteiger partial charge is 0.325 e. The van der Waals surface area contributed by atoms with Crippen LogP contribution in [-0.2, 0) is 4.79 Å². The van der Waals surface area contributed by atoms with Crippen LogP contribution in [0.25, 0.3) is 0 Å². The van der Waals surface area contributed by atoms with Gasteiger partial charge in [0, 0.05) is 4.47 Å². The summed E-state index contributed by atoms with van der Waals surface area (Å²) < 4.78 is 0.819. The summed E-state index contributed by atoms with van der Waals surface area (Å²) >= 11 is 3.35. The van der Waals surface area contributed by atoms with Gasteiger partial charge in [-0.1, -0.05) is 28.1 Å². The van der Waals surface area contributed by atoms with Gasteiger partial charge in [0.25, 0.3) is 0 Å². The minimum Gasteiger partial charge on any atom is -0.480 e. The highest BCUT2D eigenvalue weighted by Crippen LogP contribution is 2.24. The van der Waals surface area contributed by atoms with Crippen LogP contribution in [-0.4, -0.2) is 18.1 Å². The van der Waals surface area contributed by atoms with E-state index in [2.05, 4.69) is 21.2 Å². The van der Waals surface area contributed by atoms with Crippen molar-refractivity contribution >= 4 is 21.9 Å². The van der Waals surface area contributed by atoms with Crippen LogP contribution in [0.1, 0.15) is 17.2 Å². The molecule has 1 aromatic rings. The van der Waals surface area contributed by atoms with E-state index in [0.29, 0.717) is 0 Å². The molecular weight excluding hydrogens is 246 g/mol. The summed E-state index contributed by atoms with van der Waals surface area (Å²) in [5.74, 6) is -0.878.